The number of fused-ring (bicyclic) bond motifs is 1. The van der Waals surface area contributed by atoms with E-state index in [0.29, 0.717) is 5.52 Å². The number of rotatable bonds is 3. The van der Waals surface area contributed by atoms with Gasteiger partial charge in [-0.3, -0.25) is 0 Å². The molecule has 1 heterocycles. The van der Waals surface area contributed by atoms with Gasteiger partial charge in [0, 0.05) is 5.41 Å². The van der Waals surface area contributed by atoms with Gasteiger partial charge in [-0.2, -0.15) is 0 Å². The van der Waals surface area contributed by atoms with Gasteiger partial charge in [-0.1, -0.05) is 42.5 Å². The molecule has 3 rings (SSSR count). The largest absolute Gasteiger partial charge is 0.226 e. The van der Waals surface area contributed by atoms with Crippen LogP contribution in [0.5, 0.6) is 0 Å². The van der Waals surface area contributed by atoms with Gasteiger partial charge in [-0.15, -0.1) is 11.3 Å². The summed E-state index contributed by atoms with van der Waals surface area (Å²) in [5.41, 5.74) is 1.56. The van der Waals surface area contributed by atoms with Crippen molar-refractivity contribution >= 4 is 37.5 Å². The first-order valence-corrected chi connectivity index (χ1v) is 8.35. The molecule has 3 aromatic rings. The Morgan fingerprint density at radius 1 is 0.950 bits per heavy atom. The average molecular weight is 301 g/mol. The lowest BCUT2D eigenvalue weighted by Crippen LogP contribution is -1.94. The molecule has 0 bridgehead atoms. The van der Waals surface area contributed by atoms with Crippen LogP contribution in [0.15, 0.2) is 64.3 Å². The van der Waals surface area contributed by atoms with Crippen molar-refractivity contribution < 1.29 is 8.42 Å². The highest BCUT2D eigenvalue weighted by molar-refractivity contribution is 7.96. The fourth-order valence-electron chi connectivity index (χ4n) is 1.76. The Kier molecular flexibility index (Phi) is 3.38. The highest BCUT2D eigenvalue weighted by Crippen LogP contribution is 2.26. The van der Waals surface area contributed by atoms with Crippen molar-refractivity contribution in [2.75, 3.05) is 0 Å². The van der Waals surface area contributed by atoms with Gasteiger partial charge in [0.25, 0.3) is 0 Å². The molecule has 0 saturated heterocycles. The number of hydrogen-bond acceptors (Lipinski definition) is 4. The first-order chi connectivity index (χ1) is 9.65. The third kappa shape index (κ3) is 2.64. The van der Waals surface area contributed by atoms with E-state index in [9.17, 15) is 8.42 Å². The summed E-state index contributed by atoms with van der Waals surface area (Å²) in [6.07, 6.45) is 1.58. The molecule has 0 aliphatic rings. The highest BCUT2D eigenvalue weighted by atomic mass is 32.2. The second-order valence-corrected chi connectivity index (χ2v) is 7.24. The predicted octanol–water partition coefficient (Wildman–Crippen LogP) is 3.74. The van der Waals surface area contributed by atoms with Gasteiger partial charge in [-0.25, -0.2) is 13.4 Å². The summed E-state index contributed by atoms with van der Waals surface area (Å²) in [4.78, 5) is 4.18. The van der Waals surface area contributed by atoms with Crippen LogP contribution in [0.25, 0.3) is 16.3 Å². The maximum absolute atomic E-state index is 12.2. The Morgan fingerprint density at radius 2 is 1.65 bits per heavy atom. The van der Waals surface area contributed by atoms with Gasteiger partial charge in [0.15, 0.2) is 0 Å². The Labute approximate surface area is 121 Å². The molecule has 5 heteroatoms. The standard InChI is InChI=1S/C15H11NO2S2/c17-20(18,11-10-12-6-2-1-3-7-12)15-16-13-8-4-5-9-14(13)19-15/h1-11H/b11-10-. The number of para-hydroxylation sites is 1. The second-order valence-electron chi connectivity index (χ2n) is 4.21. The van der Waals surface area contributed by atoms with Crippen molar-refractivity contribution in [3.05, 3.63) is 65.6 Å². The van der Waals surface area contributed by atoms with Crippen molar-refractivity contribution in [2.45, 2.75) is 4.34 Å². The minimum Gasteiger partial charge on any atom is -0.225 e. The van der Waals surface area contributed by atoms with E-state index in [4.69, 9.17) is 0 Å². The van der Waals surface area contributed by atoms with Gasteiger partial charge in [0.1, 0.15) is 0 Å². The van der Waals surface area contributed by atoms with E-state index in [1.165, 1.54) is 16.7 Å². The predicted molar refractivity (Wildman–Crippen MR) is 82.3 cm³/mol. The number of benzene rings is 2. The second kappa shape index (κ2) is 5.19. The fraction of sp³-hybridized carbons (Fsp3) is 0. The Morgan fingerprint density at radius 3 is 2.40 bits per heavy atom. The fourth-order valence-corrected chi connectivity index (χ4v) is 4.04. The van der Waals surface area contributed by atoms with Gasteiger partial charge in [0.2, 0.25) is 14.2 Å². The van der Waals surface area contributed by atoms with Crippen molar-refractivity contribution in [3.8, 4) is 0 Å². The molecular formula is C15H11NO2S2. The molecule has 0 amide bonds. The molecule has 0 N–H and O–H groups in total. The highest BCUT2D eigenvalue weighted by Gasteiger charge is 2.16. The summed E-state index contributed by atoms with van der Waals surface area (Å²) < 4.78 is 25.5. The third-order valence-electron chi connectivity index (χ3n) is 2.76. The zero-order chi connectivity index (χ0) is 14.0. The number of nitrogens with zero attached hydrogens (tertiary/aromatic N) is 1. The average Bonchev–Trinajstić information content (AvgIpc) is 2.91. The molecule has 0 spiro atoms. The smallest absolute Gasteiger partial charge is 0.225 e. The van der Waals surface area contributed by atoms with E-state index in [2.05, 4.69) is 4.98 Å². The summed E-state index contributed by atoms with van der Waals surface area (Å²) in [5, 5.41) is 1.21. The van der Waals surface area contributed by atoms with E-state index in [1.807, 2.05) is 54.6 Å². The lowest BCUT2D eigenvalue weighted by molar-refractivity contribution is 0.604. The van der Waals surface area contributed by atoms with Crippen LogP contribution < -0.4 is 0 Å². The van der Waals surface area contributed by atoms with Crippen LogP contribution in [0.4, 0.5) is 0 Å². The maximum atomic E-state index is 12.2. The van der Waals surface area contributed by atoms with Crippen molar-refractivity contribution in [3.63, 3.8) is 0 Å². The lowest BCUT2D eigenvalue weighted by atomic mass is 10.2. The molecule has 0 atom stereocenters. The normalized spacial score (nSPS) is 12.2. The number of hydrogen-bond donors (Lipinski definition) is 0. The van der Waals surface area contributed by atoms with Crippen molar-refractivity contribution in [2.24, 2.45) is 0 Å². The molecule has 0 saturated carbocycles. The molecule has 100 valence electrons. The quantitative estimate of drug-likeness (QED) is 0.740. The number of thiazole rings is 1. The first kappa shape index (κ1) is 13.0. The minimum atomic E-state index is -3.49. The van der Waals surface area contributed by atoms with Crippen molar-refractivity contribution in [1.82, 2.24) is 4.98 Å². The molecule has 2 aromatic carbocycles. The zero-order valence-corrected chi connectivity index (χ0v) is 12.1. The van der Waals surface area contributed by atoms with Crippen molar-refractivity contribution in [1.29, 1.82) is 0 Å². The third-order valence-corrected chi connectivity index (χ3v) is 5.61. The molecule has 0 unspecified atom stereocenters. The van der Waals surface area contributed by atoms with Gasteiger partial charge in [0.05, 0.1) is 10.2 Å². The topological polar surface area (TPSA) is 47.0 Å². The van der Waals surface area contributed by atoms with E-state index >= 15 is 0 Å². The molecule has 0 aliphatic carbocycles. The molecule has 0 aliphatic heterocycles. The van der Waals surface area contributed by atoms with Gasteiger partial charge >= 0.3 is 0 Å². The molecule has 3 nitrogen and oxygen atoms in total. The van der Waals surface area contributed by atoms with Crippen LogP contribution in [0.3, 0.4) is 0 Å². The Bertz CT molecular complexity index is 832. The monoisotopic (exact) mass is 301 g/mol. The van der Waals surface area contributed by atoms with E-state index in [0.717, 1.165) is 10.3 Å². The summed E-state index contributed by atoms with van der Waals surface area (Å²) in [6, 6.07) is 16.7. The SMILES string of the molecule is O=S(=O)(/C=C\c1ccccc1)c1nc2ccccc2s1. The van der Waals surface area contributed by atoms with Crippen LogP contribution in [-0.2, 0) is 9.84 Å². The van der Waals surface area contributed by atoms with E-state index < -0.39 is 9.84 Å². The molecule has 0 radical (unpaired) electrons. The van der Waals surface area contributed by atoms with Crippen LogP contribution in [0.2, 0.25) is 0 Å². The molecule has 0 fully saturated rings. The van der Waals surface area contributed by atoms with Crippen LogP contribution >= 0.6 is 11.3 Å². The first-order valence-electron chi connectivity index (χ1n) is 5.99. The minimum absolute atomic E-state index is 0.130. The summed E-state index contributed by atoms with van der Waals surface area (Å²) in [5.74, 6) is 0. The Balaban J connectivity index is 1.97. The maximum Gasteiger partial charge on any atom is 0.226 e. The van der Waals surface area contributed by atoms with E-state index in [-0.39, 0.29) is 4.34 Å². The number of sulfone groups is 1. The zero-order valence-electron chi connectivity index (χ0n) is 10.4. The van der Waals surface area contributed by atoms with Gasteiger partial charge < -0.3 is 0 Å². The van der Waals surface area contributed by atoms with E-state index in [1.54, 1.807) is 6.08 Å². The summed E-state index contributed by atoms with van der Waals surface area (Å²) >= 11 is 1.19. The summed E-state index contributed by atoms with van der Waals surface area (Å²) in [7, 11) is -3.49. The molecule has 20 heavy (non-hydrogen) atoms. The summed E-state index contributed by atoms with van der Waals surface area (Å²) in [6.45, 7) is 0. The molecular weight excluding hydrogens is 290 g/mol. The lowest BCUT2D eigenvalue weighted by Gasteiger charge is -1.93. The van der Waals surface area contributed by atoms with Crippen LogP contribution in [0.1, 0.15) is 5.56 Å². The Hall–Kier alpha value is -1.98. The van der Waals surface area contributed by atoms with Crippen LogP contribution in [-0.4, -0.2) is 13.4 Å². The van der Waals surface area contributed by atoms with Crippen LogP contribution in [0, 0.1) is 0 Å². The van der Waals surface area contributed by atoms with Gasteiger partial charge in [-0.05, 0) is 23.8 Å². The molecule has 1 aromatic heterocycles. The number of aromatic nitrogens is 1.